The van der Waals surface area contributed by atoms with Crippen LogP contribution in [0.3, 0.4) is 0 Å². The zero-order valence-corrected chi connectivity index (χ0v) is 22.7. The molecule has 1 aromatic carbocycles. The minimum atomic E-state index is -0.764. The van der Waals surface area contributed by atoms with E-state index in [2.05, 4.69) is 25.7 Å². The third-order valence-corrected chi connectivity index (χ3v) is 8.18. The lowest BCUT2D eigenvalue weighted by molar-refractivity contribution is -0.144. The first-order chi connectivity index (χ1) is 16.6. The van der Waals surface area contributed by atoms with Crippen LogP contribution >= 0.6 is 0 Å². The van der Waals surface area contributed by atoms with Crippen LogP contribution in [0.15, 0.2) is 12.1 Å². The highest BCUT2D eigenvalue weighted by Crippen LogP contribution is 2.42. The average Bonchev–Trinajstić information content (AvgIpc) is 2.80. The predicted molar refractivity (Wildman–Crippen MR) is 138 cm³/mol. The summed E-state index contributed by atoms with van der Waals surface area (Å²) in [6.07, 6.45) is 10.8. The maximum absolute atomic E-state index is 14.5. The third kappa shape index (κ3) is 8.27. The fraction of sp³-hybridized carbons (Fsp3) is 0.767. The molecule has 1 aromatic rings. The van der Waals surface area contributed by atoms with Crippen molar-refractivity contribution in [2.24, 2.45) is 17.3 Å². The van der Waals surface area contributed by atoms with E-state index in [1.165, 1.54) is 38.2 Å². The molecule has 0 amide bonds. The molecule has 3 rings (SSSR count). The van der Waals surface area contributed by atoms with Crippen LogP contribution in [0.25, 0.3) is 0 Å². The Bertz CT molecular complexity index is 805. The van der Waals surface area contributed by atoms with Gasteiger partial charge in [0.05, 0.1) is 6.61 Å². The first-order valence-electron chi connectivity index (χ1n) is 13.9. The Kier molecular flexibility index (Phi) is 10.2. The standard InChI is InChI=1S/C30H47F2NO2/c1-6-35-28(34)18-23-12-13-27(25(17-23)24-16-21(2)29(32)26(31)19-24)33(15-14-30(3,4)5)20-22-10-8-7-9-11-22/h16,19,22-23,25,27H,6-15,17-18,20H2,1-5H3/t23-,25+,27-/m1/s1. The summed E-state index contributed by atoms with van der Waals surface area (Å²) in [6.45, 7) is 12.8. The molecule has 0 aliphatic heterocycles. The Labute approximate surface area is 212 Å². The van der Waals surface area contributed by atoms with Gasteiger partial charge in [-0.1, -0.05) is 46.1 Å². The molecule has 0 bridgehead atoms. The summed E-state index contributed by atoms with van der Waals surface area (Å²) >= 11 is 0. The van der Waals surface area contributed by atoms with Crippen molar-refractivity contribution in [3.8, 4) is 0 Å². The van der Waals surface area contributed by atoms with Crippen LogP contribution in [0.4, 0.5) is 8.78 Å². The van der Waals surface area contributed by atoms with E-state index in [1.807, 2.05) is 13.0 Å². The van der Waals surface area contributed by atoms with Gasteiger partial charge >= 0.3 is 5.97 Å². The van der Waals surface area contributed by atoms with Crippen molar-refractivity contribution in [3.63, 3.8) is 0 Å². The number of halogens is 2. The minimum Gasteiger partial charge on any atom is -0.466 e. The Morgan fingerprint density at radius 3 is 2.40 bits per heavy atom. The van der Waals surface area contributed by atoms with Crippen LogP contribution in [-0.4, -0.2) is 36.6 Å². The van der Waals surface area contributed by atoms with Crippen molar-refractivity contribution >= 4 is 5.97 Å². The molecule has 5 heteroatoms. The van der Waals surface area contributed by atoms with Crippen LogP contribution in [0.1, 0.15) is 109 Å². The van der Waals surface area contributed by atoms with Crippen LogP contribution in [-0.2, 0) is 9.53 Å². The number of hydrogen-bond donors (Lipinski definition) is 0. The maximum atomic E-state index is 14.5. The Hall–Kier alpha value is -1.49. The number of nitrogens with zero attached hydrogens (tertiary/aromatic N) is 1. The first kappa shape index (κ1) is 28.1. The number of carbonyl (C=O) groups excluding carboxylic acids is 1. The van der Waals surface area contributed by atoms with Gasteiger partial charge < -0.3 is 4.74 Å². The number of benzene rings is 1. The third-order valence-electron chi connectivity index (χ3n) is 8.18. The van der Waals surface area contributed by atoms with E-state index >= 15 is 0 Å². The van der Waals surface area contributed by atoms with Gasteiger partial charge in [0, 0.05) is 19.0 Å². The van der Waals surface area contributed by atoms with Gasteiger partial charge in [-0.25, -0.2) is 8.78 Å². The van der Waals surface area contributed by atoms with Crippen LogP contribution in [0.2, 0.25) is 0 Å². The minimum absolute atomic E-state index is 0.0838. The second-order valence-electron chi connectivity index (χ2n) is 12.3. The first-order valence-corrected chi connectivity index (χ1v) is 13.9. The average molecular weight is 492 g/mol. The van der Waals surface area contributed by atoms with Gasteiger partial charge in [-0.2, -0.15) is 0 Å². The molecule has 3 atom stereocenters. The highest BCUT2D eigenvalue weighted by molar-refractivity contribution is 5.69. The van der Waals surface area contributed by atoms with E-state index in [1.54, 1.807) is 6.92 Å². The van der Waals surface area contributed by atoms with E-state index in [0.717, 1.165) is 44.3 Å². The van der Waals surface area contributed by atoms with Crippen LogP contribution < -0.4 is 0 Å². The summed E-state index contributed by atoms with van der Waals surface area (Å²) in [5.74, 6) is -0.657. The molecule has 0 spiro atoms. The van der Waals surface area contributed by atoms with E-state index in [-0.39, 0.29) is 29.3 Å². The quantitative estimate of drug-likeness (QED) is 0.330. The number of aryl methyl sites for hydroxylation is 1. The molecule has 2 fully saturated rings. The van der Waals surface area contributed by atoms with Crippen LogP contribution in [0.5, 0.6) is 0 Å². The summed E-state index contributed by atoms with van der Waals surface area (Å²) in [4.78, 5) is 14.9. The largest absolute Gasteiger partial charge is 0.466 e. The van der Waals surface area contributed by atoms with Gasteiger partial charge in [0.2, 0.25) is 0 Å². The zero-order chi connectivity index (χ0) is 25.6. The number of hydrogen-bond acceptors (Lipinski definition) is 3. The summed E-state index contributed by atoms with van der Waals surface area (Å²) in [5.41, 5.74) is 1.48. The Balaban J connectivity index is 1.89. The zero-order valence-electron chi connectivity index (χ0n) is 22.7. The molecule has 2 saturated carbocycles. The van der Waals surface area contributed by atoms with Crippen molar-refractivity contribution < 1.29 is 18.3 Å². The lowest BCUT2D eigenvalue weighted by atomic mass is 9.72. The molecule has 0 aromatic heterocycles. The van der Waals surface area contributed by atoms with Crippen molar-refractivity contribution in [3.05, 3.63) is 34.9 Å². The Morgan fingerprint density at radius 2 is 1.77 bits per heavy atom. The summed E-state index contributed by atoms with van der Waals surface area (Å²) < 4.78 is 34.0. The molecular formula is C30H47F2NO2. The van der Waals surface area contributed by atoms with Crippen molar-refractivity contribution in [1.82, 2.24) is 4.90 Å². The van der Waals surface area contributed by atoms with Gasteiger partial charge in [0.25, 0.3) is 0 Å². The molecule has 2 aliphatic rings. The smallest absolute Gasteiger partial charge is 0.306 e. The number of carbonyl (C=O) groups is 1. The van der Waals surface area contributed by atoms with Crippen LogP contribution in [0, 0.1) is 35.8 Å². The maximum Gasteiger partial charge on any atom is 0.306 e. The Morgan fingerprint density at radius 1 is 1.06 bits per heavy atom. The predicted octanol–water partition coefficient (Wildman–Crippen LogP) is 7.80. The second kappa shape index (κ2) is 12.7. The molecular weight excluding hydrogens is 444 g/mol. The van der Waals surface area contributed by atoms with E-state index in [4.69, 9.17) is 4.74 Å². The summed E-state index contributed by atoms with van der Waals surface area (Å²) in [6, 6.07) is 3.53. The SMILES string of the molecule is CCOC(=O)C[C@@H]1CC[C@@H](N(CCC(C)(C)C)CC2CCCCC2)[C@H](c2cc(C)c(F)c(F)c2)C1. The molecule has 198 valence electrons. The number of esters is 1. The van der Waals surface area contributed by atoms with Gasteiger partial charge in [-0.05, 0) is 99.3 Å². The van der Waals surface area contributed by atoms with Crippen molar-refractivity contribution in [2.75, 3.05) is 19.7 Å². The molecule has 2 aliphatic carbocycles. The fourth-order valence-corrected chi connectivity index (χ4v) is 6.22. The number of ether oxygens (including phenoxy) is 1. The number of rotatable bonds is 9. The van der Waals surface area contributed by atoms with E-state index in [0.29, 0.717) is 24.5 Å². The summed E-state index contributed by atoms with van der Waals surface area (Å²) in [5, 5.41) is 0. The summed E-state index contributed by atoms with van der Waals surface area (Å²) in [7, 11) is 0. The van der Waals surface area contributed by atoms with Crippen molar-refractivity contribution in [1.29, 1.82) is 0 Å². The van der Waals surface area contributed by atoms with E-state index in [9.17, 15) is 13.6 Å². The van der Waals surface area contributed by atoms with Gasteiger partial charge in [-0.15, -0.1) is 0 Å². The monoisotopic (exact) mass is 491 g/mol. The lowest BCUT2D eigenvalue weighted by Gasteiger charge is -2.45. The molecule has 35 heavy (non-hydrogen) atoms. The molecule has 0 N–H and O–H groups in total. The molecule has 0 heterocycles. The van der Waals surface area contributed by atoms with Crippen molar-refractivity contribution in [2.45, 2.75) is 111 Å². The van der Waals surface area contributed by atoms with Gasteiger partial charge in [0.15, 0.2) is 11.6 Å². The van der Waals surface area contributed by atoms with E-state index < -0.39 is 11.6 Å². The topological polar surface area (TPSA) is 29.5 Å². The molecule has 0 saturated heterocycles. The molecule has 0 radical (unpaired) electrons. The highest BCUT2D eigenvalue weighted by atomic mass is 19.2. The normalized spacial score (nSPS) is 24.1. The fourth-order valence-electron chi connectivity index (χ4n) is 6.22. The van der Waals surface area contributed by atoms with Gasteiger partial charge in [0.1, 0.15) is 0 Å². The molecule has 0 unspecified atom stereocenters. The van der Waals surface area contributed by atoms with Gasteiger partial charge in [-0.3, -0.25) is 9.69 Å². The lowest BCUT2D eigenvalue weighted by Crippen LogP contribution is -2.46. The molecule has 3 nitrogen and oxygen atoms in total. The second-order valence-corrected chi connectivity index (χ2v) is 12.3. The highest BCUT2D eigenvalue weighted by Gasteiger charge is 2.37.